The third kappa shape index (κ3) is 7.62. The predicted molar refractivity (Wildman–Crippen MR) is 160 cm³/mol. The summed E-state index contributed by atoms with van der Waals surface area (Å²) in [5, 5.41) is 7.03. The average Bonchev–Trinajstić information content (AvgIpc) is 3.41. The van der Waals surface area contributed by atoms with Crippen LogP contribution in [0.5, 0.6) is 0 Å². The van der Waals surface area contributed by atoms with Crippen molar-refractivity contribution in [1.82, 2.24) is 29.3 Å². The van der Waals surface area contributed by atoms with Crippen molar-refractivity contribution in [1.29, 1.82) is 0 Å². The van der Waals surface area contributed by atoms with Crippen LogP contribution in [0.2, 0.25) is 0 Å². The molecule has 2 aliphatic rings. The SMILES string of the molecule is FC(F)(F)c1ccc(Cn2cnc3c(NCCN4CCOCC4)nc(NC4CCN(Cc5ccccc5)CC4)nc32)cc1. The molecule has 43 heavy (non-hydrogen) atoms. The van der Waals surface area contributed by atoms with E-state index in [1.54, 1.807) is 6.33 Å². The number of benzene rings is 2. The molecule has 2 aliphatic heterocycles. The molecule has 0 atom stereocenters. The van der Waals surface area contributed by atoms with Gasteiger partial charge in [-0.3, -0.25) is 9.80 Å². The first-order valence-corrected chi connectivity index (χ1v) is 14.9. The van der Waals surface area contributed by atoms with E-state index in [2.05, 4.69) is 49.7 Å². The van der Waals surface area contributed by atoms with E-state index in [9.17, 15) is 13.2 Å². The van der Waals surface area contributed by atoms with Crippen molar-refractivity contribution in [3.8, 4) is 0 Å². The molecule has 2 saturated heterocycles. The van der Waals surface area contributed by atoms with E-state index in [0.717, 1.165) is 83.0 Å². The number of halogens is 3. The van der Waals surface area contributed by atoms with Crippen molar-refractivity contribution >= 4 is 22.9 Å². The summed E-state index contributed by atoms with van der Waals surface area (Å²) in [5.41, 5.74) is 2.65. The van der Waals surface area contributed by atoms with Crippen LogP contribution in [0.4, 0.5) is 24.9 Å². The Morgan fingerprint density at radius 2 is 1.56 bits per heavy atom. The van der Waals surface area contributed by atoms with Crippen LogP contribution < -0.4 is 10.6 Å². The molecule has 4 aromatic rings. The van der Waals surface area contributed by atoms with Crippen molar-refractivity contribution in [2.24, 2.45) is 0 Å². The Bertz CT molecular complexity index is 1460. The summed E-state index contributed by atoms with van der Waals surface area (Å²) < 4.78 is 46.5. The van der Waals surface area contributed by atoms with Crippen LogP contribution in [0, 0.1) is 0 Å². The van der Waals surface area contributed by atoms with Crippen LogP contribution >= 0.6 is 0 Å². The number of anilines is 2. The number of imidazole rings is 1. The third-order valence-corrected chi connectivity index (χ3v) is 8.09. The number of rotatable bonds is 10. The van der Waals surface area contributed by atoms with Gasteiger partial charge in [-0.05, 0) is 36.1 Å². The molecule has 12 heteroatoms. The van der Waals surface area contributed by atoms with Crippen molar-refractivity contribution < 1.29 is 17.9 Å². The Kier molecular flexibility index (Phi) is 9.06. The van der Waals surface area contributed by atoms with E-state index in [-0.39, 0.29) is 6.04 Å². The van der Waals surface area contributed by atoms with Crippen LogP contribution in [0.15, 0.2) is 60.9 Å². The second kappa shape index (κ2) is 13.3. The van der Waals surface area contributed by atoms with Gasteiger partial charge in [0.1, 0.15) is 0 Å². The maximum Gasteiger partial charge on any atom is 0.416 e. The van der Waals surface area contributed by atoms with Gasteiger partial charge in [-0.1, -0.05) is 42.5 Å². The molecule has 2 aromatic carbocycles. The fraction of sp³-hybridized carbons (Fsp3) is 0.452. The second-order valence-corrected chi connectivity index (χ2v) is 11.2. The summed E-state index contributed by atoms with van der Waals surface area (Å²) in [6.07, 6.45) is -0.749. The standard InChI is InChI=1S/C31H37F3N8O/c32-31(33,34)25-8-6-24(7-9-25)21-42-22-36-27-28(35-12-15-40-16-18-43-19-17-40)38-30(39-29(27)42)37-26-10-13-41(14-11-26)20-23-4-2-1-3-5-23/h1-9,22,26H,10-21H2,(H2,35,37,38,39). The van der Waals surface area contributed by atoms with E-state index < -0.39 is 11.7 Å². The summed E-state index contributed by atoms with van der Waals surface area (Å²) in [4.78, 5) is 19.1. The molecular formula is C31H37F3N8O. The van der Waals surface area contributed by atoms with Gasteiger partial charge >= 0.3 is 6.18 Å². The Hall–Kier alpha value is -3.74. The van der Waals surface area contributed by atoms with Crippen LogP contribution in [-0.2, 0) is 24.0 Å². The molecule has 6 rings (SSSR count). The monoisotopic (exact) mass is 594 g/mol. The number of nitrogens with one attached hydrogen (secondary N) is 2. The molecule has 9 nitrogen and oxygen atoms in total. The summed E-state index contributed by atoms with van der Waals surface area (Å²) in [7, 11) is 0. The summed E-state index contributed by atoms with van der Waals surface area (Å²) in [5.74, 6) is 1.17. The van der Waals surface area contributed by atoms with Gasteiger partial charge in [-0.2, -0.15) is 23.1 Å². The fourth-order valence-corrected chi connectivity index (χ4v) is 5.66. The van der Waals surface area contributed by atoms with Crippen LogP contribution in [0.1, 0.15) is 29.5 Å². The second-order valence-electron chi connectivity index (χ2n) is 11.2. The van der Waals surface area contributed by atoms with Gasteiger partial charge in [0.15, 0.2) is 17.0 Å². The Labute approximate surface area is 249 Å². The van der Waals surface area contributed by atoms with Gasteiger partial charge in [-0.25, -0.2) is 4.98 Å². The van der Waals surface area contributed by atoms with Crippen LogP contribution in [-0.4, -0.2) is 87.8 Å². The molecule has 2 N–H and O–H groups in total. The molecule has 0 unspecified atom stereocenters. The maximum absolute atomic E-state index is 13.1. The van der Waals surface area contributed by atoms with Gasteiger partial charge in [0.05, 0.1) is 31.6 Å². The summed E-state index contributed by atoms with van der Waals surface area (Å²) in [6.45, 7) is 8.06. The lowest BCUT2D eigenvalue weighted by Gasteiger charge is -2.32. The minimum absolute atomic E-state index is 0.233. The quantitative estimate of drug-likeness (QED) is 0.273. The van der Waals surface area contributed by atoms with E-state index in [1.807, 2.05) is 10.6 Å². The molecule has 2 fully saturated rings. The van der Waals surface area contributed by atoms with Gasteiger partial charge in [0, 0.05) is 51.9 Å². The van der Waals surface area contributed by atoms with E-state index >= 15 is 0 Å². The zero-order valence-corrected chi connectivity index (χ0v) is 24.1. The lowest BCUT2D eigenvalue weighted by molar-refractivity contribution is -0.137. The number of hydrogen-bond acceptors (Lipinski definition) is 8. The number of hydrogen-bond donors (Lipinski definition) is 2. The minimum atomic E-state index is -4.37. The van der Waals surface area contributed by atoms with Gasteiger partial charge in [0.2, 0.25) is 5.95 Å². The van der Waals surface area contributed by atoms with Gasteiger partial charge in [-0.15, -0.1) is 0 Å². The first-order valence-electron chi connectivity index (χ1n) is 14.9. The molecule has 0 bridgehead atoms. The van der Waals surface area contributed by atoms with Crippen LogP contribution in [0.3, 0.4) is 0 Å². The highest BCUT2D eigenvalue weighted by Gasteiger charge is 2.30. The molecule has 0 aliphatic carbocycles. The highest BCUT2D eigenvalue weighted by Crippen LogP contribution is 2.29. The molecule has 0 amide bonds. The number of aromatic nitrogens is 4. The zero-order valence-electron chi connectivity index (χ0n) is 24.1. The smallest absolute Gasteiger partial charge is 0.379 e. The van der Waals surface area contributed by atoms with Gasteiger partial charge < -0.3 is 19.9 Å². The number of fused-ring (bicyclic) bond motifs is 1. The Morgan fingerprint density at radius 3 is 2.28 bits per heavy atom. The van der Waals surface area contributed by atoms with E-state index in [1.165, 1.54) is 17.7 Å². The minimum Gasteiger partial charge on any atom is -0.379 e. The number of likely N-dealkylation sites (tertiary alicyclic amines) is 1. The van der Waals surface area contributed by atoms with Crippen molar-refractivity contribution in [2.75, 3.05) is 63.1 Å². The lowest BCUT2D eigenvalue weighted by Crippen LogP contribution is -2.39. The third-order valence-electron chi connectivity index (χ3n) is 8.09. The number of nitrogens with zero attached hydrogens (tertiary/aromatic N) is 6. The largest absolute Gasteiger partial charge is 0.416 e. The predicted octanol–water partition coefficient (Wildman–Crippen LogP) is 4.71. The van der Waals surface area contributed by atoms with Crippen LogP contribution in [0.25, 0.3) is 11.2 Å². The highest BCUT2D eigenvalue weighted by molar-refractivity contribution is 5.84. The number of morpholine rings is 1. The van der Waals surface area contributed by atoms with Gasteiger partial charge in [0.25, 0.3) is 0 Å². The molecule has 0 saturated carbocycles. The normalized spacial score (nSPS) is 17.4. The number of ether oxygens (including phenoxy) is 1. The average molecular weight is 595 g/mol. The highest BCUT2D eigenvalue weighted by atomic mass is 19.4. The summed E-state index contributed by atoms with van der Waals surface area (Å²) in [6, 6.07) is 16.0. The molecular weight excluding hydrogens is 557 g/mol. The molecule has 2 aromatic heterocycles. The van der Waals surface area contributed by atoms with Crippen molar-refractivity contribution in [2.45, 2.75) is 38.1 Å². The topological polar surface area (TPSA) is 83.4 Å². The molecule has 4 heterocycles. The summed E-state index contributed by atoms with van der Waals surface area (Å²) >= 11 is 0. The first kappa shape index (κ1) is 29.3. The first-order chi connectivity index (χ1) is 20.9. The maximum atomic E-state index is 13.1. The number of piperidine rings is 1. The van der Waals surface area contributed by atoms with Crippen molar-refractivity contribution in [3.05, 3.63) is 77.6 Å². The van der Waals surface area contributed by atoms with E-state index in [0.29, 0.717) is 36.0 Å². The molecule has 228 valence electrons. The Balaban J connectivity index is 1.17. The lowest BCUT2D eigenvalue weighted by atomic mass is 10.0. The molecule has 0 radical (unpaired) electrons. The fourth-order valence-electron chi connectivity index (χ4n) is 5.66. The molecule has 0 spiro atoms. The van der Waals surface area contributed by atoms with Crippen molar-refractivity contribution in [3.63, 3.8) is 0 Å². The zero-order chi connectivity index (χ0) is 29.6. The Morgan fingerprint density at radius 1 is 0.837 bits per heavy atom. The van der Waals surface area contributed by atoms with E-state index in [4.69, 9.17) is 14.7 Å². The number of alkyl halides is 3.